The quantitative estimate of drug-likeness (QED) is 0.0527. The van der Waals surface area contributed by atoms with E-state index in [0.29, 0.717) is 0 Å². The molecule has 0 fully saturated rings. The van der Waals surface area contributed by atoms with Gasteiger partial charge in [0.25, 0.3) is 0 Å². The second-order valence-corrected chi connectivity index (χ2v) is 21.4. The van der Waals surface area contributed by atoms with Crippen LogP contribution in [0.1, 0.15) is 111 Å². The molecule has 0 aliphatic rings. The van der Waals surface area contributed by atoms with Crippen molar-refractivity contribution >= 4 is 0 Å². The van der Waals surface area contributed by atoms with E-state index in [-0.39, 0.29) is 17.1 Å². The molecule has 1 heteroatoms. The molecule has 81 heavy (non-hydrogen) atoms. The van der Waals surface area contributed by atoms with Crippen molar-refractivity contribution in [3.8, 4) is 0 Å². The van der Waals surface area contributed by atoms with Crippen molar-refractivity contribution in [3.63, 3.8) is 0 Å². The van der Waals surface area contributed by atoms with Gasteiger partial charge < -0.3 is 0 Å². The molecule has 0 heterocycles. The third-order valence-electron chi connectivity index (χ3n) is 15.9. The fourth-order valence-corrected chi connectivity index (χ4v) is 12.0. The first-order chi connectivity index (χ1) is 39.7. The molecule has 0 atom stereocenters. The number of rotatable bonds is 20. The maximum atomic E-state index is 2.28. The third-order valence-corrected chi connectivity index (χ3v) is 15.9. The first kappa shape index (κ1) is 55.7. The van der Waals surface area contributed by atoms with Gasteiger partial charge >= 0.3 is 17.1 Å². The molecule has 0 aliphatic carbocycles. The van der Waals surface area contributed by atoms with E-state index in [1.165, 1.54) is 111 Å². The SMILES string of the molecule is [Fe+2].c1ccc(Cc2c(Cc3ccccc3)c(Cc3ccccc3)[c-](Cc3ccccc3)c2Cc2ccccc2)cc1.c1ccc(Cc2c(Cc3ccccc3)c(Cc3ccccc3)[c-](Cc3ccccc3)c2Cc2ccccc2)cc1. The average molecular weight is 1090 g/mol. The fourth-order valence-electron chi connectivity index (χ4n) is 12.0. The van der Waals surface area contributed by atoms with Crippen LogP contribution in [0, 0.1) is 0 Å². The van der Waals surface area contributed by atoms with Gasteiger partial charge in [0.2, 0.25) is 0 Å². The molecule has 0 unspecified atom stereocenters. The van der Waals surface area contributed by atoms with E-state index in [1.807, 2.05) is 0 Å². The summed E-state index contributed by atoms with van der Waals surface area (Å²) in [5.41, 5.74) is 28.8. The first-order valence-corrected chi connectivity index (χ1v) is 28.7. The standard InChI is InChI=1S/2C40H35.Fe/c2*1-6-16-31(17-7-1)26-36-37(27-32-18-8-2-9-19-32)39(29-34-22-12-4-13-23-34)40(30-35-24-14-5-15-25-35)38(36)28-33-20-10-3-11-21-33;/h2*1-25H,26-30H2;/q2*-1;+2. The van der Waals surface area contributed by atoms with Crippen molar-refractivity contribution in [1.82, 2.24) is 0 Å². The van der Waals surface area contributed by atoms with Crippen LogP contribution >= 0.6 is 0 Å². The summed E-state index contributed by atoms with van der Waals surface area (Å²) in [6, 6.07) is 110. The van der Waals surface area contributed by atoms with E-state index in [1.54, 1.807) is 0 Å². The van der Waals surface area contributed by atoms with Crippen LogP contribution in [0.25, 0.3) is 0 Å². The maximum Gasteiger partial charge on any atom is 2.00 e. The van der Waals surface area contributed by atoms with Crippen LogP contribution in [0.4, 0.5) is 0 Å². The van der Waals surface area contributed by atoms with Gasteiger partial charge in [-0.3, -0.25) is 0 Å². The molecule has 398 valence electrons. The van der Waals surface area contributed by atoms with Crippen LogP contribution in [0.15, 0.2) is 303 Å². The molecule has 0 saturated heterocycles. The van der Waals surface area contributed by atoms with Gasteiger partial charge in [0.05, 0.1) is 0 Å². The smallest absolute Gasteiger partial charge is 0.187 e. The van der Waals surface area contributed by atoms with Crippen molar-refractivity contribution < 1.29 is 17.1 Å². The van der Waals surface area contributed by atoms with E-state index < -0.39 is 0 Å². The van der Waals surface area contributed by atoms with Crippen molar-refractivity contribution in [1.29, 1.82) is 0 Å². The Kier molecular flexibility index (Phi) is 19.6. The summed E-state index contributed by atoms with van der Waals surface area (Å²) in [4.78, 5) is 0. The maximum absolute atomic E-state index is 2.28. The predicted molar refractivity (Wildman–Crippen MR) is 337 cm³/mol. The van der Waals surface area contributed by atoms with Gasteiger partial charge in [-0.2, -0.15) is 44.5 Å². The Balaban J connectivity index is 0.000000180. The molecule has 0 amide bonds. The molecule has 0 saturated carbocycles. The van der Waals surface area contributed by atoms with E-state index in [4.69, 9.17) is 0 Å². The summed E-state index contributed by atoms with van der Waals surface area (Å²) in [5, 5.41) is 0. The van der Waals surface area contributed by atoms with Gasteiger partial charge in [-0.1, -0.05) is 362 Å². The fraction of sp³-hybridized carbons (Fsp3) is 0.125. The average Bonchev–Trinajstić information content (AvgIpc) is 4.00. The zero-order valence-electron chi connectivity index (χ0n) is 46.3. The predicted octanol–water partition coefficient (Wildman–Crippen LogP) is 18.7. The topological polar surface area (TPSA) is 0 Å². The monoisotopic (exact) mass is 1090 g/mol. The molecule has 0 N–H and O–H groups in total. The van der Waals surface area contributed by atoms with Crippen molar-refractivity contribution in [3.05, 3.63) is 415 Å². The van der Waals surface area contributed by atoms with E-state index in [2.05, 4.69) is 303 Å². The molecule has 0 aliphatic heterocycles. The van der Waals surface area contributed by atoms with Crippen LogP contribution in [0.2, 0.25) is 0 Å². The molecule has 0 aromatic heterocycles. The Hall–Kier alpha value is -8.58. The summed E-state index contributed by atoms with van der Waals surface area (Å²) in [5.74, 6) is 0. The molecular weight excluding hydrogens is 1020 g/mol. The second-order valence-electron chi connectivity index (χ2n) is 21.4. The van der Waals surface area contributed by atoms with Gasteiger partial charge in [0.1, 0.15) is 0 Å². The van der Waals surface area contributed by atoms with Gasteiger partial charge in [-0.05, 0) is 60.8 Å². The van der Waals surface area contributed by atoms with Gasteiger partial charge in [-0.15, -0.1) is 11.1 Å². The largest absolute Gasteiger partial charge is 2.00 e. The minimum atomic E-state index is 0. The van der Waals surface area contributed by atoms with E-state index >= 15 is 0 Å². The van der Waals surface area contributed by atoms with Crippen LogP contribution in [-0.2, 0) is 81.3 Å². The normalized spacial score (nSPS) is 10.9. The molecule has 12 aromatic rings. The van der Waals surface area contributed by atoms with Crippen LogP contribution < -0.4 is 0 Å². The van der Waals surface area contributed by atoms with Gasteiger partial charge in [-0.25, -0.2) is 0 Å². The zero-order chi connectivity index (χ0) is 54.0. The summed E-state index contributed by atoms with van der Waals surface area (Å²) in [6.45, 7) is 0. The summed E-state index contributed by atoms with van der Waals surface area (Å²) >= 11 is 0. The molecule has 0 nitrogen and oxygen atoms in total. The van der Waals surface area contributed by atoms with Gasteiger partial charge in [0, 0.05) is 0 Å². The van der Waals surface area contributed by atoms with Crippen LogP contribution in [0.5, 0.6) is 0 Å². The third kappa shape index (κ3) is 15.0. The Bertz CT molecular complexity index is 2860. The van der Waals surface area contributed by atoms with Crippen molar-refractivity contribution in [2.24, 2.45) is 0 Å². The Morgan fingerprint density at radius 3 is 0.457 bits per heavy atom. The second kappa shape index (κ2) is 28.5. The van der Waals surface area contributed by atoms with Crippen molar-refractivity contribution in [2.45, 2.75) is 64.2 Å². The van der Waals surface area contributed by atoms with Gasteiger partial charge in [0.15, 0.2) is 0 Å². The van der Waals surface area contributed by atoms with Crippen LogP contribution in [-0.4, -0.2) is 0 Å². The minimum absolute atomic E-state index is 0. The molecule has 0 bridgehead atoms. The minimum Gasteiger partial charge on any atom is -0.187 e. The molecular formula is C80H70Fe. The number of hydrogen-bond donors (Lipinski definition) is 0. The van der Waals surface area contributed by atoms with E-state index in [0.717, 1.165) is 64.2 Å². The number of hydrogen-bond acceptors (Lipinski definition) is 0. The molecule has 0 radical (unpaired) electrons. The Morgan fingerprint density at radius 2 is 0.296 bits per heavy atom. The zero-order valence-corrected chi connectivity index (χ0v) is 47.4. The summed E-state index contributed by atoms with van der Waals surface area (Å²) < 4.78 is 0. The first-order valence-electron chi connectivity index (χ1n) is 28.7. The van der Waals surface area contributed by atoms with Crippen LogP contribution in [0.3, 0.4) is 0 Å². The summed E-state index contributed by atoms with van der Waals surface area (Å²) in [6.07, 6.45) is 9.46. The Labute approximate surface area is 492 Å². The molecule has 12 rings (SSSR count). The molecule has 12 aromatic carbocycles. The molecule has 0 spiro atoms. The Morgan fingerprint density at radius 1 is 0.160 bits per heavy atom. The van der Waals surface area contributed by atoms with E-state index in [9.17, 15) is 0 Å². The van der Waals surface area contributed by atoms with Crippen molar-refractivity contribution in [2.75, 3.05) is 0 Å². The number of benzene rings is 10. The summed E-state index contributed by atoms with van der Waals surface area (Å²) in [7, 11) is 0.